The van der Waals surface area contributed by atoms with Crippen LogP contribution < -0.4 is 9.47 Å². The van der Waals surface area contributed by atoms with Gasteiger partial charge in [0.05, 0.1) is 18.8 Å². The second-order valence-corrected chi connectivity index (χ2v) is 7.10. The van der Waals surface area contributed by atoms with E-state index >= 15 is 0 Å². The summed E-state index contributed by atoms with van der Waals surface area (Å²) in [7, 11) is 1.61. The molecule has 0 heterocycles. The summed E-state index contributed by atoms with van der Waals surface area (Å²) in [5.74, 6) is 1.26. The van der Waals surface area contributed by atoms with E-state index in [1.807, 2.05) is 78.9 Å². The monoisotopic (exact) mass is 415 g/mol. The molecule has 0 aromatic heterocycles. The third-order valence-corrected chi connectivity index (χ3v) is 4.76. The first-order valence-corrected chi connectivity index (χ1v) is 9.88. The van der Waals surface area contributed by atoms with Gasteiger partial charge in [-0.15, -0.1) is 6.58 Å². The van der Waals surface area contributed by atoms with E-state index in [2.05, 4.69) is 12.6 Å². The maximum absolute atomic E-state index is 9.63. The van der Waals surface area contributed by atoms with Crippen LogP contribution in [0.5, 0.6) is 11.5 Å². The van der Waals surface area contributed by atoms with Gasteiger partial charge in [0, 0.05) is 10.6 Å². The van der Waals surface area contributed by atoms with E-state index in [9.17, 15) is 5.26 Å². The van der Waals surface area contributed by atoms with Crippen molar-refractivity contribution in [2.45, 2.75) is 13.0 Å². The summed E-state index contributed by atoms with van der Waals surface area (Å²) in [5, 5.41) is 10.3. The average Bonchev–Trinajstić information content (AvgIpc) is 2.77. The fourth-order valence-corrected chi connectivity index (χ4v) is 3.35. The molecule has 0 amide bonds. The van der Waals surface area contributed by atoms with Gasteiger partial charge in [0.15, 0.2) is 11.5 Å². The first kappa shape index (κ1) is 21.2. The Morgan fingerprint density at radius 2 is 1.90 bits per heavy atom. The van der Waals surface area contributed by atoms with Gasteiger partial charge in [0.1, 0.15) is 6.61 Å². The molecule has 3 nitrogen and oxygen atoms in total. The van der Waals surface area contributed by atoms with Crippen molar-refractivity contribution in [2.75, 3.05) is 7.11 Å². The Morgan fingerprint density at radius 3 is 2.57 bits per heavy atom. The van der Waals surface area contributed by atoms with Crippen molar-refractivity contribution in [1.82, 2.24) is 0 Å². The molecule has 0 bridgehead atoms. The fourth-order valence-electron chi connectivity index (χ4n) is 3.14. The molecule has 0 aliphatic carbocycles. The number of allylic oxidation sites excluding steroid dienone is 2. The second kappa shape index (κ2) is 10.3. The molecule has 0 fully saturated rings. The standard InChI is InChI=1S/C26H22ClNO2/c1-3-8-22-13-20(14-23(17-28)21-10-5-4-6-11-21)16-25(29-2)26(22)30-18-19-9-7-12-24(27)15-19/h3-7,9-16H,1,8,18H2,2H3/b23-14+. The normalized spacial score (nSPS) is 10.9. The Bertz CT molecular complexity index is 1100. The van der Waals surface area contributed by atoms with Gasteiger partial charge in [0.2, 0.25) is 0 Å². The lowest BCUT2D eigenvalue weighted by Crippen LogP contribution is -2.02. The van der Waals surface area contributed by atoms with E-state index < -0.39 is 0 Å². The molecule has 0 spiro atoms. The van der Waals surface area contributed by atoms with Gasteiger partial charge >= 0.3 is 0 Å². The zero-order valence-electron chi connectivity index (χ0n) is 16.8. The Morgan fingerprint density at radius 1 is 1.10 bits per heavy atom. The smallest absolute Gasteiger partial charge is 0.165 e. The van der Waals surface area contributed by atoms with E-state index in [0.717, 1.165) is 22.3 Å². The van der Waals surface area contributed by atoms with Crippen LogP contribution in [0, 0.1) is 11.3 Å². The van der Waals surface area contributed by atoms with Crippen molar-refractivity contribution < 1.29 is 9.47 Å². The average molecular weight is 416 g/mol. The van der Waals surface area contributed by atoms with Crippen LogP contribution >= 0.6 is 11.6 Å². The lowest BCUT2D eigenvalue weighted by molar-refractivity contribution is 0.282. The maximum atomic E-state index is 9.63. The fraction of sp³-hybridized carbons (Fsp3) is 0.115. The Balaban J connectivity index is 1.97. The zero-order valence-corrected chi connectivity index (χ0v) is 17.5. The van der Waals surface area contributed by atoms with Crippen molar-refractivity contribution in [3.8, 4) is 17.6 Å². The lowest BCUT2D eigenvalue weighted by atomic mass is 10.0. The molecule has 30 heavy (non-hydrogen) atoms. The third kappa shape index (κ3) is 5.31. The predicted molar refractivity (Wildman–Crippen MR) is 123 cm³/mol. The van der Waals surface area contributed by atoms with Gasteiger partial charge in [-0.2, -0.15) is 5.26 Å². The van der Waals surface area contributed by atoms with Gasteiger partial charge in [0.25, 0.3) is 0 Å². The van der Waals surface area contributed by atoms with Gasteiger partial charge in [-0.25, -0.2) is 0 Å². The minimum Gasteiger partial charge on any atom is -0.493 e. The quantitative estimate of drug-likeness (QED) is 0.233. The first-order chi connectivity index (χ1) is 14.6. The molecule has 150 valence electrons. The van der Waals surface area contributed by atoms with Crippen LogP contribution in [0.15, 0.2) is 79.4 Å². The molecule has 0 aliphatic heterocycles. The van der Waals surface area contributed by atoms with Crippen molar-refractivity contribution in [3.05, 3.63) is 107 Å². The van der Waals surface area contributed by atoms with Crippen LogP contribution in [-0.2, 0) is 13.0 Å². The highest BCUT2D eigenvalue weighted by Gasteiger charge is 2.13. The molecule has 3 aromatic rings. The number of benzene rings is 3. The SMILES string of the molecule is C=CCc1cc(/C=C(\C#N)c2ccccc2)cc(OC)c1OCc1cccc(Cl)c1. The molecule has 3 aromatic carbocycles. The van der Waals surface area contributed by atoms with Crippen LogP contribution in [-0.4, -0.2) is 7.11 Å². The summed E-state index contributed by atoms with van der Waals surface area (Å²) in [6.45, 7) is 4.22. The molecule has 0 radical (unpaired) electrons. The molecular formula is C26H22ClNO2. The largest absolute Gasteiger partial charge is 0.493 e. The van der Waals surface area contributed by atoms with Crippen LogP contribution in [0.25, 0.3) is 11.6 Å². The predicted octanol–water partition coefficient (Wildman–Crippen LogP) is 6.72. The summed E-state index contributed by atoms with van der Waals surface area (Å²) in [6, 6.07) is 23.3. The zero-order chi connectivity index (χ0) is 21.3. The summed E-state index contributed by atoms with van der Waals surface area (Å²) < 4.78 is 11.7. The van der Waals surface area contributed by atoms with Crippen LogP contribution in [0.4, 0.5) is 0 Å². The van der Waals surface area contributed by atoms with Crippen molar-refractivity contribution in [2.24, 2.45) is 0 Å². The van der Waals surface area contributed by atoms with E-state index in [-0.39, 0.29) is 0 Å². The Labute approximate surface area is 182 Å². The number of hydrogen-bond acceptors (Lipinski definition) is 3. The number of nitriles is 1. The Hall–Kier alpha value is -3.48. The third-order valence-electron chi connectivity index (χ3n) is 4.53. The highest BCUT2D eigenvalue weighted by atomic mass is 35.5. The number of nitrogens with zero attached hydrogens (tertiary/aromatic N) is 1. The lowest BCUT2D eigenvalue weighted by Gasteiger charge is -2.16. The molecule has 0 N–H and O–H groups in total. The van der Waals surface area contributed by atoms with Crippen molar-refractivity contribution in [1.29, 1.82) is 5.26 Å². The van der Waals surface area contributed by atoms with Gasteiger partial charge in [-0.05, 0) is 53.5 Å². The molecule has 0 unspecified atom stereocenters. The topological polar surface area (TPSA) is 42.2 Å². The van der Waals surface area contributed by atoms with Crippen LogP contribution in [0.3, 0.4) is 0 Å². The molecule has 0 atom stereocenters. The molecule has 0 saturated carbocycles. The number of ether oxygens (including phenoxy) is 2. The highest BCUT2D eigenvalue weighted by molar-refractivity contribution is 6.30. The van der Waals surface area contributed by atoms with Crippen molar-refractivity contribution >= 4 is 23.3 Å². The highest BCUT2D eigenvalue weighted by Crippen LogP contribution is 2.35. The molecule has 0 saturated heterocycles. The first-order valence-electron chi connectivity index (χ1n) is 9.51. The van der Waals surface area contributed by atoms with Gasteiger partial charge in [-0.3, -0.25) is 0 Å². The number of halogens is 1. The van der Waals surface area contributed by atoms with E-state index in [1.54, 1.807) is 7.11 Å². The Kier molecular flexibility index (Phi) is 7.32. The summed E-state index contributed by atoms with van der Waals surface area (Å²) in [4.78, 5) is 0. The van der Waals surface area contributed by atoms with Crippen LogP contribution in [0.1, 0.15) is 22.3 Å². The molecule has 4 heteroatoms. The maximum Gasteiger partial charge on any atom is 0.165 e. The number of hydrogen-bond donors (Lipinski definition) is 0. The summed E-state index contributed by atoms with van der Waals surface area (Å²) in [6.07, 6.45) is 4.28. The summed E-state index contributed by atoms with van der Waals surface area (Å²) >= 11 is 6.07. The molecule has 0 aliphatic rings. The number of methoxy groups -OCH3 is 1. The number of rotatable bonds is 8. The van der Waals surface area contributed by atoms with Crippen LogP contribution in [0.2, 0.25) is 5.02 Å². The van der Waals surface area contributed by atoms with E-state index in [0.29, 0.717) is 35.1 Å². The van der Waals surface area contributed by atoms with Gasteiger partial charge in [-0.1, -0.05) is 60.1 Å². The minimum atomic E-state index is 0.365. The molecule has 3 rings (SSSR count). The van der Waals surface area contributed by atoms with Crippen molar-refractivity contribution in [3.63, 3.8) is 0 Å². The second-order valence-electron chi connectivity index (χ2n) is 6.66. The van der Waals surface area contributed by atoms with Gasteiger partial charge < -0.3 is 9.47 Å². The van der Waals surface area contributed by atoms with E-state index in [4.69, 9.17) is 21.1 Å². The minimum absolute atomic E-state index is 0.365. The van der Waals surface area contributed by atoms with E-state index in [1.165, 1.54) is 0 Å². The summed E-state index contributed by atoms with van der Waals surface area (Å²) in [5.41, 5.74) is 4.21. The molecular weight excluding hydrogens is 394 g/mol.